The van der Waals surface area contributed by atoms with E-state index >= 15 is 0 Å². The Kier molecular flexibility index (Phi) is 3.82. The fraction of sp³-hybridized carbons (Fsp3) is 0.571. The van der Waals surface area contributed by atoms with E-state index < -0.39 is 23.9 Å². The zero-order valence-electron chi connectivity index (χ0n) is 12.3. The summed E-state index contributed by atoms with van der Waals surface area (Å²) in [6, 6.07) is -0.922. The largest absolute Gasteiger partial charge is 0.338 e. The Hall–Kier alpha value is -2.38. The molecule has 2 heterocycles. The summed E-state index contributed by atoms with van der Waals surface area (Å²) in [7, 11) is 0. The lowest BCUT2D eigenvalue weighted by molar-refractivity contribution is -0.129. The number of hydrogen-bond donors (Lipinski definition) is 3. The summed E-state index contributed by atoms with van der Waals surface area (Å²) < 4.78 is 5.20. The van der Waals surface area contributed by atoms with Crippen molar-refractivity contribution in [3.8, 4) is 0 Å². The van der Waals surface area contributed by atoms with Crippen molar-refractivity contribution in [3.05, 3.63) is 11.3 Å². The molecule has 0 spiro atoms. The Morgan fingerprint density at radius 2 is 2.14 bits per heavy atom. The van der Waals surface area contributed by atoms with Crippen molar-refractivity contribution in [1.29, 1.82) is 0 Å². The number of urea groups is 1. The minimum Gasteiger partial charge on any atom is -0.338 e. The molecule has 0 bridgehead atoms. The highest BCUT2D eigenvalue weighted by molar-refractivity contribution is 6.01. The first kappa shape index (κ1) is 14.6. The number of aromatic nitrogens is 1. The molecule has 1 aliphatic carbocycles. The van der Waals surface area contributed by atoms with Crippen LogP contribution in [-0.2, 0) is 22.4 Å². The van der Waals surface area contributed by atoms with Gasteiger partial charge in [-0.15, -0.1) is 0 Å². The minimum absolute atomic E-state index is 0.0250. The van der Waals surface area contributed by atoms with E-state index in [1.54, 1.807) is 6.92 Å². The van der Waals surface area contributed by atoms with Gasteiger partial charge in [0.15, 0.2) is 0 Å². The lowest BCUT2D eigenvalue weighted by atomic mass is 9.94. The van der Waals surface area contributed by atoms with Crippen molar-refractivity contribution in [2.45, 2.75) is 45.1 Å². The number of amides is 4. The van der Waals surface area contributed by atoms with E-state index in [-0.39, 0.29) is 12.3 Å². The highest BCUT2D eigenvalue weighted by atomic mass is 16.5. The molecule has 118 valence electrons. The van der Waals surface area contributed by atoms with Crippen LogP contribution in [0.15, 0.2) is 4.52 Å². The number of nitrogens with zero attached hydrogens (tertiary/aromatic N) is 1. The van der Waals surface area contributed by atoms with Crippen LogP contribution in [0.3, 0.4) is 0 Å². The maximum atomic E-state index is 12.1. The van der Waals surface area contributed by atoms with Crippen LogP contribution in [0.2, 0.25) is 0 Å². The van der Waals surface area contributed by atoms with Crippen LogP contribution in [-0.4, -0.2) is 29.0 Å². The molecular formula is C14H18N4O4. The molecule has 1 fully saturated rings. The van der Waals surface area contributed by atoms with Crippen LogP contribution in [0.1, 0.15) is 37.4 Å². The molecule has 2 unspecified atom stereocenters. The number of anilines is 1. The summed E-state index contributed by atoms with van der Waals surface area (Å²) in [5.41, 5.74) is 1.85. The standard InChI is InChI=1S/C14H18N4O4/c1-7-9(12(20)17-14(21)15-7)6-11(19)16-13-8-4-2-3-5-10(8)18-22-13/h7,9H,2-6H2,1H3,(H,16,19)(H2,15,17,20,21). The highest BCUT2D eigenvalue weighted by Crippen LogP contribution is 2.28. The monoisotopic (exact) mass is 306 g/mol. The minimum atomic E-state index is -0.601. The molecule has 0 saturated carbocycles. The predicted octanol–water partition coefficient (Wildman–Crippen LogP) is 0.726. The molecule has 22 heavy (non-hydrogen) atoms. The summed E-state index contributed by atoms with van der Waals surface area (Å²) in [4.78, 5) is 35.1. The molecule has 4 amide bonds. The van der Waals surface area contributed by atoms with Crippen molar-refractivity contribution in [2.75, 3.05) is 5.32 Å². The maximum absolute atomic E-state index is 12.1. The lowest BCUT2D eigenvalue weighted by Gasteiger charge is -2.28. The second-order valence-corrected chi connectivity index (χ2v) is 5.75. The maximum Gasteiger partial charge on any atom is 0.321 e. The number of imide groups is 1. The van der Waals surface area contributed by atoms with E-state index in [1.807, 2.05) is 0 Å². The third-order valence-electron chi connectivity index (χ3n) is 4.15. The van der Waals surface area contributed by atoms with Gasteiger partial charge in [0.05, 0.1) is 11.6 Å². The van der Waals surface area contributed by atoms with Gasteiger partial charge in [-0.1, -0.05) is 5.16 Å². The second kappa shape index (κ2) is 5.78. The van der Waals surface area contributed by atoms with Crippen LogP contribution >= 0.6 is 0 Å². The number of rotatable bonds is 3. The molecule has 0 radical (unpaired) electrons. The Bertz CT molecular complexity index is 624. The number of nitrogens with one attached hydrogen (secondary N) is 3. The Balaban J connectivity index is 1.64. The quantitative estimate of drug-likeness (QED) is 0.761. The highest BCUT2D eigenvalue weighted by Gasteiger charge is 2.34. The first-order valence-corrected chi connectivity index (χ1v) is 7.43. The van der Waals surface area contributed by atoms with E-state index in [2.05, 4.69) is 21.1 Å². The van der Waals surface area contributed by atoms with Gasteiger partial charge in [-0.2, -0.15) is 0 Å². The number of carbonyl (C=O) groups excluding carboxylic acids is 3. The average Bonchev–Trinajstić information content (AvgIpc) is 2.86. The van der Waals surface area contributed by atoms with Crippen LogP contribution in [0, 0.1) is 5.92 Å². The van der Waals surface area contributed by atoms with Gasteiger partial charge in [-0.3, -0.25) is 20.2 Å². The zero-order chi connectivity index (χ0) is 15.7. The molecule has 1 aromatic heterocycles. The lowest BCUT2D eigenvalue weighted by Crippen LogP contribution is -2.57. The Morgan fingerprint density at radius 1 is 1.36 bits per heavy atom. The number of carbonyl (C=O) groups is 3. The third-order valence-corrected chi connectivity index (χ3v) is 4.15. The third kappa shape index (κ3) is 2.81. The SMILES string of the molecule is CC1NC(=O)NC(=O)C1CC(=O)Nc1onc2c1CCCC2. The van der Waals surface area contributed by atoms with E-state index in [4.69, 9.17) is 4.52 Å². The van der Waals surface area contributed by atoms with E-state index in [1.165, 1.54) is 0 Å². The Morgan fingerprint density at radius 3 is 2.91 bits per heavy atom. The second-order valence-electron chi connectivity index (χ2n) is 5.75. The molecule has 1 aliphatic heterocycles. The molecule has 1 saturated heterocycles. The van der Waals surface area contributed by atoms with Crippen molar-refractivity contribution in [1.82, 2.24) is 15.8 Å². The van der Waals surface area contributed by atoms with E-state index in [0.29, 0.717) is 5.88 Å². The smallest absolute Gasteiger partial charge is 0.321 e. The zero-order valence-corrected chi connectivity index (χ0v) is 12.3. The summed E-state index contributed by atoms with van der Waals surface area (Å²) in [5.74, 6) is -0.984. The molecule has 8 heteroatoms. The van der Waals surface area contributed by atoms with Gasteiger partial charge < -0.3 is 9.84 Å². The van der Waals surface area contributed by atoms with Crippen LogP contribution in [0.25, 0.3) is 0 Å². The topological polar surface area (TPSA) is 113 Å². The summed E-state index contributed by atoms with van der Waals surface area (Å²) in [6.07, 6.45) is 3.80. The first-order valence-electron chi connectivity index (χ1n) is 7.43. The summed E-state index contributed by atoms with van der Waals surface area (Å²) >= 11 is 0. The Labute approximate surface area is 127 Å². The van der Waals surface area contributed by atoms with E-state index in [9.17, 15) is 14.4 Å². The van der Waals surface area contributed by atoms with E-state index in [0.717, 1.165) is 36.9 Å². The predicted molar refractivity (Wildman–Crippen MR) is 76.0 cm³/mol. The average molecular weight is 306 g/mol. The number of hydrogen-bond acceptors (Lipinski definition) is 5. The van der Waals surface area contributed by atoms with Gasteiger partial charge in [0, 0.05) is 18.0 Å². The molecule has 3 rings (SSSR count). The summed E-state index contributed by atoms with van der Waals surface area (Å²) in [5, 5.41) is 11.4. The number of fused-ring (bicyclic) bond motifs is 1. The number of aryl methyl sites for hydroxylation is 1. The molecule has 2 aliphatic rings. The molecule has 8 nitrogen and oxygen atoms in total. The van der Waals surface area contributed by atoms with Crippen LogP contribution in [0.4, 0.5) is 10.7 Å². The van der Waals surface area contributed by atoms with Crippen molar-refractivity contribution < 1.29 is 18.9 Å². The molecular weight excluding hydrogens is 288 g/mol. The van der Waals surface area contributed by atoms with Gasteiger partial charge in [0.1, 0.15) is 0 Å². The molecule has 0 aromatic carbocycles. The van der Waals surface area contributed by atoms with Crippen molar-refractivity contribution in [3.63, 3.8) is 0 Å². The fourth-order valence-corrected chi connectivity index (χ4v) is 2.91. The van der Waals surface area contributed by atoms with Crippen molar-refractivity contribution >= 4 is 23.7 Å². The summed E-state index contributed by atoms with van der Waals surface area (Å²) in [6.45, 7) is 1.70. The van der Waals surface area contributed by atoms with Crippen LogP contribution < -0.4 is 16.0 Å². The van der Waals surface area contributed by atoms with Crippen LogP contribution in [0.5, 0.6) is 0 Å². The molecule has 2 atom stereocenters. The van der Waals surface area contributed by atoms with Gasteiger partial charge in [-0.05, 0) is 32.6 Å². The normalized spacial score (nSPS) is 24.2. The van der Waals surface area contributed by atoms with Gasteiger partial charge in [-0.25, -0.2) is 4.79 Å². The van der Waals surface area contributed by atoms with Gasteiger partial charge >= 0.3 is 6.03 Å². The first-order chi connectivity index (χ1) is 10.5. The fourth-order valence-electron chi connectivity index (χ4n) is 2.91. The van der Waals surface area contributed by atoms with Gasteiger partial charge in [0.25, 0.3) is 0 Å². The van der Waals surface area contributed by atoms with Gasteiger partial charge in [0.2, 0.25) is 17.7 Å². The molecule has 3 N–H and O–H groups in total. The molecule has 1 aromatic rings. The van der Waals surface area contributed by atoms with Crippen molar-refractivity contribution in [2.24, 2.45) is 5.92 Å².